The molecule has 0 aliphatic rings. The molecular formula is C11H10O5. The number of methoxy groups -OCH3 is 2. The molecule has 1 aromatic heterocycles. The Labute approximate surface area is 90.8 Å². The van der Waals surface area contributed by atoms with Crippen molar-refractivity contribution in [2.45, 2.75) is 0 Å². The van der Waals surface area contributed by atoms with Gasteiger partial charge in [0.2, 0.25) is 5.75 Å². The molecule has 2 aromatic rings. The summed E-state index contributed by atoms with van der Waals surface area (Å²) in [4.78, 5) is 11.4. The summed E-state index contributed by atoms with van der Waals surface area (Å²) >= 11 is 0. The summed E-state index contributed by atoms with van der Waals surface area (Å²) < 4.78 is 14.8. The Bertz CT molecular complexity index is 585. The molecule has 0 radical (unpaired) electrons. The first kappa shape index (κ1) is 10.4. The van der Waals surface area contributed by atoms with Crippen LogP contribution in [0.1, 0.15) is 0 Å². The van der Waals surface area contributed by atoms with Crippen molar-refractivity contribution in [3.63, 3.8) is 0 Å². The zero-order chi connectivity index (χ0) is 11.7. The van der Waals surface area contributed by atoms with Crippen LogP contribution in [0.15, 0.2) is 27.4 Å². The molecule has 84 valence electrons. The van der Waals surface area contributed by atoms with Crippen LogP contribution < -0.4 is 15.1 Å². The van der Waals surface area contributed by atoms with Gasteiger partial charge in [0.05, 0.1) is 19.6 Å². The average Bonchev–Trinajstić information content (AvgIpc) is 2.29. The predicted octanol–water partition coefficient (Wildman–Crippen LogP) is 1.52. The van der Waals surface area contributed by atoms with Crippen molar-refractivity contribution in [1.29, 1.82) is 0 Å². The number of hydrogen-bond acceptors (Lipinski definition) is 5. The van der Waals surface area contributed by atoms with Crippen molar-refractivity contribution in [2.75, 3.05) is 14.2 Å². The van der Waals surface area contributed by atoms with Crippen LogP contribution in [0.25, 0.3) is 11.0 Å². The van der Waals surface area contributed by atoms with Crippen molar-refractivity contribution < 1.29 is 19.0 Å². The maximum absolute atomic E-state index is 11.4. The third-order valence-electron chi connectivity index (χ3n) is 2.25. The first-order valence-corrected chi connectivity index (χ1v) is 4.55. The molecule has 1 N–H and O–H groups in total. The highest BCUT2D eigenvalue weighted by Gasteiger charge is 2.16. The number of fused-ring (bicyclic) bond motifs is 1. The maximum atomic E-state index is 11.4. The lowest BCUT2D eigenvalue weighted by atomic mass is 10.2. The minimum absolute atomic E-state index is 0.202. The largest absolute Gasteiger partial charge is 0.504 e. The predicted molar refractivity (Wildman–Crippen MR) is 57.3 cm³/mol. The Morgan fingerprint density at radius 1 is 1.25 bits per heavy atom. The molecule has 1 heterocycles. The second-order valence-corrected chi connectivity index (χ2v) is 3.11. The number of hydrogen-bond donors (Lipinski definition) is 1. The fourth-order valence-corrected chi connectivity index (χ4v) is 1.51. The topological polar surface area (TPSA) is 68.9 Å². The van der Waals surface area contributed by atoms with Crippen LogP contribution in [0.2, 0.25) is 0 Å². The van der Waals surface area contributed by atoms with Gasteiger partial charge in [-0.2, -0.15) is 0 Å². The quantitative estimate of drug-likeness (QED) is 0.780. The molecule has 0 saturated carbocycles. The molecular weight excluding hydrogens is 212 g/mol. The van der Waals surface area contributed by atoms with Gasteiger partial charge in [0, 0.05) is 0 Å². The molecule has 5 heteroatoms. The van der Waals surface area contributed by atoms with E-state index in [0.717, 1.165) is 0 Å². The summed E-state index contributed by atoms with van der Waals surface area (Å²) in [6, 6.07) is 4.93. The first-order chi connectivity index (χ1) is 7.69. The van der Waals surface area contributed by atoms with Crippen molar-refractivity contribution in [3.8, 4) is 17.2 Å². The molecule has 0 fully saturated rings. The summed E-state index contributed by atoms with van der Waals surface area (Å²) in [6.45, 7) is 0. The van der Waals surface area contributed by atoms with Gasteiger partial charge in [-0.05, 0) is 12.1 Å². The highest BCUT2D eigenvalue weighted by atomic mass is 16.5. The molecule has 0 spiro atoms. The Hall–Kier alpha value is -2.17. The van der Waals surface area contributed by atoms with E-state index < -0.39 is 5.63 Å². The van der Waals surface area contributed by atoms with Crippen molar-refractivity contribution in [3.05, 3.63) is 28.6 Å². The lowest BCUT2D eigenvalue weighted by Gasteiger charge is -2.07. The molecule has 16 heavy (non-hydrogen) atoms. The number of ether oxygens (including phenoxy) is 2. The van der Waals surface area contributed by atoms with E-state index in [1.54, 1.807) is 18.2 Å². The zero-order valence-corrected chi connectivity index (χ0v) is 8.81. The van der Waals surface area contributed by atoms with Gasteiger partial charge >= 0.3 is 5.63 Å². The molecule has 0 amide bonds. The summed E-state index contributed by atoms with van der Waals surface area (Å²) in [5, 5.41) is 10.2. The summed E-state index contributed by atoms with van der Waals surface area (Å²) in [6.07, 6.45) is 0. The lowest BCUT2D eigenvalue weighted by Crippen LogP contribution is -2.04. The molecule has 0 unspecified atom stereocenters. The van der Waals surface area contributed by atoms with Gasteiger partial charge in [0.15, 0.2) is 17.1 Å². The van der Waals surface area contributed by atoms with E-state index in [4.69, 9.17) is 13.9 Å². The minimum atomic E-state index is -0.739. The SMILES string of the molecule is COc1c(O)c2cccc(OC)c2oc1=O. The van der Waals surface area contributed by atoms with Crippen LogP contribution in [-0.4, -0.2) is 19.3 Å². The Balaban J connectivity index is 2.92. The van der Waals surface area contributed by atoms with Gasteiger partial charge in [-0.25, -0.2) is 4.79 Å². The van der Waals surface area contributed by atoms with Crippen molar-refractivity contribution in [2.24, 2.45) is 0 Å². The van der Waals surface area contributed by atoms with Crippen molar-refractivity contribution >= 4 is 11.0 Å². The lowest BCUT2D eigenvalue weighted by molar-refractivity contribution is 0.347. The molecule has 0 atom stereocenters. The van der Waals surface area contributed by atoms with Crippen LogP contribution in [0.4, 0.5) is 0 Å². The molecule has 2 rings (SSSR count). The van der Waals surface area contributed by atoms with Gasteiger partial charge in [0.1, 0.15) is 0 Å². The third kappa shape index (κ3) is 1.37. The molecule has 1 aromatic carbocycles. The van der Waals surface area contributed by atoms with E-state index in [-0.39, 0.29) is 17.1 Å². The third-order valence-corrected chi connectivity index (χ3v) is 2.25. The maximum Gasteiger partial charge on any atom is 0.383 e. The van der Waals surface area contributed by atoms with Gasteiger partial charge < -0.3 is 19.0 Å². The Morgan fingerprint density at radius 3 is 2.62 bits per heavy atom. The van der Waals surface area contributed by atoms with E-state index in [9.17, 15) is 9.90 Å². The Morgan fingerprint density at radius 2 is 2.00 bits per heavy atom. The van der Waals surface area contributed by atoms with E-state index in [0.29, 0.717) is 11.1 Å². The van der Waals surface area contributed by atoms with E-state index in [2.05, 4.69) is 0 Å². The Kier molecular flexibility index (Phi) is 2.44. The number of para-hydroxylation sites is 1. The normalized spacial score (nSPS) is 10.4. The minimum Gasteiger partial charge on any atom is -0.504 e. The van der Waals surface area contributed by atoms with Gasteiger partial charge in [-0.3, -0.25) is 0 Å². The van der Waals surface area contributed by atoms with Crippen LogP contribution >= 0.6 is 0 Å². The highest BCUT2D eigenvalue weighted by Crippen LogP contribution is 2.35. The molecule has 0 aliphatic carbocycles. The standard InChI is InChI=1S/C11H10O5/c1-14-7-5-3-4-6-8(12)10(15-2)11(13)16-9(6)7/h3-5,12H,1-2H3. The van der Waals surface area contributed by atoms with Crippen LogP contribution in [0.3, 0.4) is 0 Å². The zero-order valence-electron chi connectivity index (χ0n) is 8.81. The van der Waals surface area contributed by atoms with E-state index in [1.807, 2.05) is 0 Å². The van der Waals surface area contributed by atoms with Crippen molar-refractivity contribution in [1.82, 2.24) is 0 Å². The summed E-state index contributed by atoms with van der Waals surface area (Å²) in [7, 11) is 2.74. The monoisotopic (exact) mass is 222 g/mol. The van der Waals surface area contributed by atoms with E-state index >= 15 is 0 Å². The fourth-order valence-electron chi connectivity index (χ4n) is 1.51. The summed E-state index contributed by atoms with van der Waals surface area (Å²) in [5.41, 5.74) is -0.537. The number of aromatic hydroxyl groups is 1. The fraction of sp³-hybridized carbons (Fsp3) is 0.182. The number of benzene rings is 1. The second-order valence-electron chi connectivity index (χ2n) is 3.11. The summed E-state index contributed by atoms with van der Waals surface area (Å²) in [5.74, 6) is -0.0686. The van der Waals surface area contributed by atoms with Gasteiger partial charge in [-0.1, -0.05) is 6.07 Å². The molecule has 5 nitrogen and oxygen atoms in total. The van der Waals surface area contributed by atoms with Crippen LogP contribution in [0.5, 0.6) is 17.2 Å². The molecule has 0 saturated heterocycles. The van der Waals surface area contributed by atoms with Gasteiger partial charge in [0.25, 0.3) is 0 Å². The molecule has 0 aliphatic heterocycles. The van der Waals surface area contributed by atoms with Gasteiger partial charge in [-0.15, -0.1) is 0 Å². The second kappa shape index (κ2) is 3.77. The first-order valence-electron chi connectivity index (χ1n) is 4.55. The smallest absolute Gasteiger partial charge is 0.383 e. The number of rotatable bonds is 2. The molecule has 0 bridgehead atoms. The van der Waals surface area contributed by atoms with Crippen LogP contribution in [-0.2, 0) is 0 Å². The van der Waals surface area contributed by atoms with Crippen LogP contribution in [0, 0.1) is 0 Å². The van der Waals surface area contributed by atoms with E-state index in [1.165, 1.54) is 14.2 Å². The average molecular weight is 222 g/mol. The highest BCUT2D eigenvalue weighted by molar-refractivity contribution is 5.89.